The molecule has 5 heteroatoms. The maximum absolute atomic E-state index is 5.76. The standard InChI is InChI=1S/C14H16N4O/c1-2-12-16-13(18-14(15)17-12)10-7-9-5-3-4-6-11(9)19-8-10/h3-6,10H,2,7-8H2,1H3,(H2,15,16,17,18). The molecule has 1 aromatic carbocycles. The van der Waals surface area contributed by atoms with E-state index in [0.29, 0.717) is 12.6 Å². The van der Waals surface area contributed by atoms with Crippen molar-refractivity contribution in [3.8, 4) is 5.75 Å². The van der Waals surface area contributed by atoms with Gasteiger partial charge in [-0.2, -0.15) is 9.97 Å². The summed E-state index contributed by atoms with van der Waals surface area (Å²) in [5, 5.41) is 0. The number of anilines is 1. The van der Waals surface area contributed by atoms with Crippen LogP contribution in [0, 0.1) is 0 Å². The number of nitrogen functional groups attached to an aromatic ring is 1. The molecule has 1 unspecified atom stereocenters. The fourth-order valence-electron chi connectivity index (χ4n) is 2.29. The molecular weight excluding hydrogens is 240 g/mol. The van der Waals surface area contributed by atoms with Crippen LogP contribution in [0.15, 0.2) is 24.3 Å². The molecule has 2 aromatic rings. The Hall–Kier alpha value is -2.17. The number of hydrogen-bond acceptors (Lipinski definition) is 5. The van der Waals surface area contributed by atoms with Crippen LogP contribution < -0.4 is 10.5 Å². The zero-order valence-electron chi connectivity index (χ0n) is 10.8. The van der Waals surface area contributed by atoms with Gasteiger partial charge >= 0.3 is 0 Å². The van der Waals surface area contributed by atoms with Crippen molar-refractivity contribution < 1.29 is 4.74 Å². The highest BCUT2D eigenvalue weighted by atomic mass is 16.5. The average Bonchev–Trinajstić information content (AvgIpc) is 2.46. The molecule has 1 aromatic heterocycles. The molecule has 0 saturated heterocycles. The van der Waals surface area contributed by atoms with Crippen LogP contribution in [-0.2, 0) is 12.8 Å². The first-order valence-electron chi connectivity index (χ1n) is 6.47. The van der Waals surface area contributed by atoms with Gasteiger partial charge in [-0.25, -0.2) is 4.98 Å². The van der Waals surface area contributed by atoms with Gasteiger partial charge in [-0.05, 0) is 18.1 Å². The molecule has 1 atom stereocenters. The Balaban J connectivity index is 1.90. The van der Waals surface area contributed by atoms with Gasteiger partial charge in [0.15, 0.2) is 0 Å². The van der Waals surface area contributed by atoms with E-state index in [9.17, 15) is 0 Å². The second kappa shape index (κ2) is 4.84. The van der Waals surface area contributed by atoms with Crippen molar-refractivity contribution in [2.24, 2.45) is 0 Å². The van der Waals surface area contributed by atoms with Crippen molar-refractivity contribution in [2.45, 2.75) is 25.7 Å². The number of rotatable bonds is 2. The predicted octanol–water partition coefficient (Wildman–Crippen LogP) is 1.73. The van der Waals surface area contributed by atoms with E-state index < -0.39 is 0 Å². The molecule has 0 aliphatic carbocycles. The van der Waals surface area contributed by atoms with E-state index in [4.69, 9.17) is 10.5 Å². The molecule has 0 bridgehead atoms. The fraction of sp³-hybridized carbons (Fsp3) is 0.357. The van der Waals surface area contributed by atoms with Gasteiger partial charge < -0.3 is 10.5 Å². The van der Waals surface area contributed by atoms with Gasteiger partial charge in [0, 0.05) is 6.42 Å². The third kappa shape index (κ3) is 2.36. The summed E-state index contributed by atoms with van der Waals surface area (Å²) in [5.74, 6) is 2.86. The summed E-state index contributed by atoms with van der Waals surface area (Å²) < 4.78 is 5.76. The summed E-state index contributed by atoms with van der Waals surface area (Å²) in [6, 6.07) is 8.07. The zero-order valence-corrected chi connectivity index (χ0v) is 10.8. The lowest BCUT2D eigenvalue weighted by atomic mass is 9.96. The van der Waals surface area contributed by atoms with Gasteiger partial charge in [0.25, 0.3) is 0 Å². The molecule has 3 rings (SSSR count). The van der Waals surface area contributed by atoms with E-state index in [-0.39, 0.29) is 5.92 Å². The van der Waals surface area contributed by atoms with Gasteiger partial charge in [0.1, 0.15) is 17.4 Å². The van der Waals surface area contributed by atoms with Crippen LogP contribution in [0.3, 0.4) is 0 Å². The molecule has 0 fully saturated rings. The number of aryl methyl sites for hydroxylation is 1. The first kappa shape index (κ1) is 11.9. The lowest BCUT2D eigenvalue weighted by Gasteiger charge is -2.24. The van der Waals surface area contributed by atoms with Gasteiger partial charge in [0.05, 0.1) is 12.5 Å². The molecule has 0 radical (unpaired) electrons. The van der Waals surface area contributed by atoms with E-state index in [0.717, 1.165) is 30.2 Å². The Morgan fingerprint density at radius 3 is 2.95 bits per heavy atom. The number of aromatic nitrogens is 3. The van der Waals surface area contributed by atoms with Crippen LogP contribution in [0.25, 0.3) is 0 Å². The minimum absolute atomic E-state index is 0.144. The summed E-state index contributed by atoms with van der Waals surface area (Å²) in [5.41, 5.74) is 6.92. The van der Waals surface area contributed by atoms with Crippen molar-refractivity contribution in [3.05, 3.63) is 41.5 Å². The third-order valence-corrected chi connectivity index (χ3v) is 3.28. The van der Waals surface area contributed by atoms with Gasteiger partial charge in [-0.3, -0.25) is 0 Å². The van der Waals surface area contributed by atoms with E-state index in [2.05, 4.69) is 21.0 Å². The molecule has 1 aliphatic heterocycles. The normalized spacial score (nSPS) is 17.6. The number of nitrogens with zero attached hydrogens (tertiary/aromatic N) is 3. The summed E-state index contributed by atoms with van der Waals surface area (Å²) >= 11 is 0. The van der Waals surface area contributed by atoms with Crippen LogP contribution in [0.1, 0.15) is 30.1 Å². The number of benzene rings is 1. The zero-order chi connectivity index (χ0) is 13.2. The predicted molar refractivity (Wildman–Crippen MR) is 72.0 cm³/mol. The van der Waals surface area contributed by atoms with Crippen LogP contribution >= 0.6 is 0 Å². The highest BCUT2D eigenvalue weighted by molar-refractivity contribution is 5.36. The minimum atomic E-state index is 0.144. The van der Waals surface area contributed by atoms with Crippen molar-refractivity contribution in [1.82, 2.24) is 15.0 Å². The molecule has 19 heavy (non-hydrogen) atoms. The number of hydrogen-bond donors (Lipinski definition) is 1. The maximum Gasteiger partial charge on any atom is 0.223 e. The lowest BCUT2D eigenvalue weighted by molar-refractivity contribution is 0.257. The summed E-state index contributed by atoms with van der Waals surface area (Å²) in [7, 11) is 0. The maximum atomic E-state index is 5.76. The largest absolute Gasteiger partial charge is 0.493 e. The van der Waals surface area contributed by atoms with Crippen molar-refractivity contribution >= 4 is 5.95 Å². The van der Waals surface area contributed by atoms with Crippen LogP contribution in [0.4, 0.5) is 5.95 Å². The van der Waals surface area contributed by atoms with Crippen molar-refractivity contribution in [3.63, 3.8) is 0 Å². The number of nitrogens with two attached hydrogens (primary N) is 1. The van der Waals surface area contributed by atoms with E-state index in [1.165, 1.54) is 5.56 Å². The number of para-hydroxylation sites is 1. The molecule has 0 spiro atoms. The van der Waals surface area contributed by atoms with E-state index >= 15 is 0 Å². The molecule has 2 heterocycles. The number of ether oxygens (including phenoxy) is 1. The first-order valence-corrected chi connectivity index (χ1v) is 6.47. The number of fused-ring (bicyclic) bond motifs is 1. The molecule has 0 amide bonds. The minimum Gasteiger partial charge on any atom is -0.493 e. The smallest absolute Gasteiger partial charge is 0.223 e. The van der Waals surface area contributed by atoms with Crippen molar-refractivity contribution in [2.75, 3.05) is 12.3 Å². The average molecular weight is 256 g/mol. The Morgan fingerprint density at radius 1 is 1.26 bits per heavy atom. The molecule has 0 saturated carbocycles. The molecular formula is C14H16N4O. The Bertz CT molecular complexity index is 600. The second-order valence-electron chi connectivity index (χ2n) is 4.64. The monoisotopic (exact) mass is 256 g/mol. The van der Waals surface area contributed by atoms with Crippen LogP contribution in [0.2, 0.25) is 0 Å². The molecule has 2 N–H and O–H groups in total. The first-order chi connectivity index (χ1) is 9.26. The summed E-state index contributed by atoms with van der Waals surface area (Å²) in [6.07, 6.45) is 1.63. The Labute approximate surface area is 111 Å². The SMILES string of the molecule is CCc1nc(N)nc(C2COc3ccccc3C2)n1. The summed E-state index contributed by atoms with van der Waals surface area (Å²) in [6.45, 7) is 2.59. The third-order valence-electron chi connectivity index (χ3n) is 3.28. The quantitative estimate of drug-likeness (QED) is 0.885. The Kier molecular flexibility index (Phi) is 3.03. The van der Waals surface area contributed by atoms with E-state index in [1.54, 1.807) is 0 Å². The topological polar surface area (TPSA) is 73.9 Å². The summed E-state index contributed by atoms with van der Waals surface area (Å²) in [4.78, 5) is 12.8. The lowest BCUT2D eigenvalue weighted by Crippen LogP contribution is -2.22. The van der Waals surface area contributed by atoms with Crippen LogP contribution in [-0.4, -0.2) is 21.6 Å². The molecule has 5 nitrogen and oxygen atoms in total. The Morgan fingerprint density at radius 2 is 2.11 bits per heavy atom. The van der Waals surface area contributed by atoms with E-state index in [1.807, 2.05) is 25.1 Å². The molecule has 1 aliphatic rings. The molecule has 98 valence electrons. The van der Waals surface area contributed by atoms with Crippen molar-refractivity contribution in [1.29, 1.82) is 0 Å². The highest BCUT2D eigenvalue weighted by Crippen LogP contribution is 2.30. The highest BCUT2D eigenvalue weighted by Gasteiger charge is 2.24. The van der Waals surface area contributed by atoms with Gasteiger partial charge in [-0.15, -0.1) is 0 Å². The fourth-order valence-corrected chi connectivity index (χ4v) is 2.29. The second-order valence-corrected chi connectivity index (χ2v) is 4.64. The van der Waals surface area contributed by atoms with Crippen LogP contribution in [0.5, 0.6) is 5.75 Å². The van der Waals surface area contributed by atoms with Gasteiger partial charge in [0.2, 0.25) is 5.95 Å². The van der Waals surface area contributed by atoms with Gasteiger partial charge in [-0.1, -0.05) is 25.1 Å².